The molecule has 1 unspecified atom stereocenters. The Labute approximate surface area is 246 Å². The quantitative estimate of drug-likeness (QED) is 0.210. The molecule has 7 rings (SSSR count). The topological polar surface area (TPSA) is 44.8 Å². The van der Waals surface area contributed by atoms with Crippen molar-refractivity contribution >= 4 is 22.8 Å². The van der Waals surface area contributed by atoms with Crippen molar-refractivity contribution in [3.63, 3.8) is 0 Å². The van der Waals surface area contributed by atoms with Crippen LogP contribution in [0.5, 0.6) is 11.5 Å². The Kier molecular flexibility index (Phi) is 5.81. The van der Waals surface area contributed by atoms with Crippen LogP contribution in [0, 0.1) is 6.92 Å². The lowest BCUT2D eigenvalue weighted by molar-refractivity contribution is 0.0600. The molecule has 5 aromatic carbocycles. The first-order valence-corrected chi connectivity index (χ1v) is 14.2. The molecular formula is C38H32O4. The number of hydrogen-bond donors (Lipinski definition) is 0. The fourth-order valence-electron chi connectivity index (χ4n) is 6.84. The fraction of sp³-hybridized carbons (Fsp3) is 0.184. The lowest BCUT2D eigenvalue weighted by atomic mass is 9.76. The van der Waals surface area contributed by atoms with Crippen LogP contribution in [0.15, 0.2) is 97.1 Å². The first-order valence-electron chi connectivity index (χ1n) is 14.2. The van der Waals surface area contributed by atoms with Crippen LogP contribution in [0.3, 0.4) is 0 Å². The van der Waals surface area contributed by atoms with Crippen molar-refractivity contribution in [1.29, 1.82) is 0 Å². The van der Waals surface area contributed by atoms with Crippen molar-refractivity contribution in [2.75, 3.05) is 14.2 Å². The lowest BCUT2D eigenvalue weighted by Crippen LogP contribution is -2.35. The number of aryl methyl sites for hydroxylation is 1. The van der Waals surface area contributed by atoms with E-state index in [1.165, 1.54) is 40.3 Å². The molecule has 5 aromatic rings. The predicted molar refractivity (Wildman–Crippen MR) is 167 cm³/mol. The fourth-order valence-corrected chi connectivity index (χ4v) is 6.84. The molecule has 0 aromatic heterocycles. The number of esters is 1. The third kappa shape index (κ3) is 3.64. The molecule has 0 spiro atoms. The summed E-state index contributed by atoms with van der Waals surface area (Å²) < 4.78 is 17.7. The van der Waals surface area contributed by atoms with Gasteiger partial charge in [0.2, 0.25) is 0 Å². The van der Waals surface area contributed by atoms with E-state index in [0.29, 0.717) is 5.56 Å². The van der Waals surface area contributed by atoms with Crippen LogP contribution in [0.25, 0.3) is 28.0 Å². The number of rotatable bonds is 4. The van der Waals surface area contributed by atoms with Gasteiger partial charge in [-0.3, -0.25) is 0 Å². The highest BCUT2D eigenvalue weighted by Crippen LogP contribution is 2.58. The molecule has 0 N–H and O–H groups in total. The van der Waals surface area contributed by atoms with Crippen molar-refractivity contribution in [1.82, 2.24) is 0 Å². The van der Waals surface area contributed by atoms with E-state index in [1.807, 2.05) is 36.4 Å². The highest BCUT2D eigenvalue weighted by Gasteiger charge is 2.44. The van der Waals surface area contributed by atoms with E-state index >= 15 is 0 Å². The summed E-state index contributed by atoms with van der Waals surface area (Å²) in [5.74, 6) is 1.26. The second-order valence-corrected chi connectivity index (χ2v) is 11.7. The maximum atomic E-state index is 12.2. The van der Waals surface area contributed by atoms with E-state index in [-0.39, 0.29) is 11.4 Å². The van der Waals surface area contributed by atoms with Gasteiger partial charge in [0.05, 0.1) is 19.8 Å². The van der Waals surface area contributed by atoms with Crippen LogP contribution < -0.4 is 9.47 Å². The highest BCUT2D eigenvalue weighted by atomic mass is 16.5. The second kappa shape index (κ2) is 9.35. The molecule has 0 saturated carbocycles. The number of methoxy groups -OCH3 is 2. The van der Waals surface area contributed by atoms with Crippen molar-refractivity contribution in [2.45, 2.75) is 31.8 Å². The minimum atomic E-state index is -0.933. The summed E-state index contributed by atoms with van der Waals surface area (Å²) in [5.41, 5.74) is 8.79. The molecule has 1 aliphatic heterocycles. The van der Waals surface area contributed by atoms with Gasteiger partial charge in [0.25, 0.3) is 0 Å². The van der Waals surface area contributed by atoms with Crippen LogP contribution in [-0.4, -0.2) is 20.2 Å². The van der Waals surface area contributed by atoms with Crippen molar-refractivity contribution in [2.24, 2.45) is 0 Å². The summed E-state index contributed by atoms with van der Waals surface area (Å²) in [6.45, 7) is 6.79. The number of carbonyl (C=O) groups excluding carboxylic acids is 1. The summed E-state index contributed by atoms with van der Waals surface area (Å²) in [6, 6.07) is 30.8. The molecule has 0 bridgehead atoms. The number of carbonyl (C=O) groups is 1. The Morgan fingerprint density at radius 3 is 2.14 bits per heavy atom. The molecular weight excluding hydrogens is 520 g/mol. The molecule has 0 fully saturated rings. The Bertz CT molecular complexity index is 1910. The van der Waals surface area contributed by atoms with Crippen LogP contribution in [0.1, 0.15) is 57.6 Å². The predicted octanol–water partition coefficient (Wildman–Crippen LogP) is 8.60. The molecule has 0 saturated heterocycles. The molecule has 1 atom stereocenters. The van der Waals surface area contributed by atoms with Gasteiger partial charge in [-0.05, 0) is 64.9 Å². The summed E-state index contributed by atoms with van der Waals surface area (Å²) in [7, 11) is 3.06. The standard InChI is InChI=1S/C38H32O4/c1-23-10-19-30-32(22-23)37(2,3)34-31-20-21-38(26-15-17-27(40-4)18-16-26,25-13-11-24(12-14-25)36(39)41-5)42-35(31)29-9-7-6-8-28(29)33(30)34/h6-22H,1-5H3. The van der Waals surface area contributed by atoms with Crippen LogP contribution in [-0.2, 0) is 15.8 Å². The van der Waals surface area contributed by atoms with Crippen LogP contribution in [0.2, 0.25) is 0 Å². The largest absolute Gasteiger partial charge is 0.497 e. The number of ether oxygens (including phenoxy) is 3. The first kappa shape index (κ1) is 26.1. The molecule has 0 amide bonds. The van der Waals surface area contributed by atoms with E-state index in [2.05, 4.69) is 75.4 Å². The van der Waals surface area contributed by atoms with Gasteiger partial charge >= 0.3 is 5.97 Å². The highest BCUT2D eigenvalue weighted by molar-refractivity contribution is 6.08. The van der Waals surface area contributed by atoms with Gasteiger partial charge in [0.15, 0.2) is 5.60 Å². The first-order chi connectivity index (χ1) is 20.3. The molecule has 4 nitrogen and oxygen atoms in total. The summed E-state index contributed by atoms with van der Waals surface area (Å²) in [5, 5.41) is 2.26. The molecule has 0 radical (unpaired) electrons. The summed E-state index contributed by atoms with van der Waals surface area (Å²) in [4.78, 5) is 12.2. The van der Waals surface area contributed by atoms with Gasteiger partial charge in [-0.25, -0.2) is 4.79 Å². The summed E-state index contributed by atoms with van der Waals surface area (Å²) in [6.07, 6.45) is 4.40. The minimum absolute atomic E-state index is 0.208. The van der Waals surface area contributed by atoms with Gasteiger partial charge in [-0.15, -0.1) is 0 Å². The Balaban J connectivity index is 1.50. The maximum Gasteiger partial charge on any atom is 0.337 e. The Morgan fingerprint density at radius 1 is 0.810 bits per heavy atom. The zero-order valence-electron chi connectivity index (χ0n) is 24.4. The monoisotopic (exact) mass is 552 g/mol. The third-order valence-electron chi connectivity index (χ3n) is 8.95. The van der Waals surface area contributed by atoms with Gasteiger partial charge < -0.3 is 14.2 Å². The normalized spacial score (nSPS) is 17.6. The van der Waals surface area contributed by atoms with Crippen molar-refractivity contribution < 1.29 is 19.0 Å². The average molecular weight is 553 g/mol. The van der Waals surface area contributed by atoms with Crippen LogP contribution >= 0.6 is 0 Å². The van der Waals surface area contributed by atoms with Gasteiger partial charge in [0.1, 0.15) is 11.5 Å². The molecule has 2 aliphatic rings. The van der Waals surface area contributed by atoms with Crippen LogP contribution in [0.4, 0.5) is 0 Å². The van der Waals surface area contributed by atoms with E-state index in [0.717, 1.165) is 33.6 Å². The minimum Gasteiger partial charge on any atom is -0.497 e. The zero-order valence-corrected chi connectivity index (χ0v) is 24.4. The van der Waals surface area contributed by atoms with Gasteiger partial charge in [0, 0.05) is 27.5 Å². The molecule has 208 valence electrons. The SMILES string of the molecule is COC(=O)c1ccc(C2(c3ccc(OC)cc3)C=Cc3c4c(c5ccccc5c3O2)-c2ccc(C)cc2C4(C)C)cc1. The smallest absolute Gasteiger partial charge is 0.337 e. The lowest BCUT2D eigenvalue weighted by Gasteiger charge is -2.38. The number of fused-ring (bicyclic) bond motifs is 8. The van der Waals surface area contributed by atoms with Crippen molar-refractivity contribution in [3.8, 4) is 22.6 Å². The maximum absolute atomic E-state index is 12.2. The van der Waals surface area contributed by atoms with E-state index in [1.54, 1.807) is 19.2 Å². The third-order valence-corrected chi connectivity index (χ3v) is 8.95. The molecule has 42 heavy (non-hydrogen) atoms. The molecule has 1 aliphatic carbocycles. The zero-order chi connectivity index (χ0) is 29.2. The van der Waals surface area contributed by atoms with Gasteiger partial charge in [-0.1, -0.05) is 92.2 Å². The summed E-state index contributed by atoms with van der Waals surface area (Å²) >= 11 is 0. The Hall–Kier alpha value is -4.83. The van der Waals surface area contributed by atoms with E-state index in [9.17, 15) is 4.79 Å². The average Bonchev–Trinajstić information content (AvgIpc) is 3.26. The Morgan fingerprint density at radius 2 is 1.48 bits per heavy atom. The van der Waals surface area contributed by atoms with Crippen molar-refractivity contribution in [3.05, 3.63) is 136 Å². The number of benzene rings is 5. The molecule has 1 heterocycles. The van der Waals surface area contributed by atoms with Gasteiger partial charge in [-0.2, -0.15) is 0 Å². The number of hydrogen-bond acceptors (Lipinski definition) is 4. The molecule has 4 heteroatoms. The second-order valence-electron chi connectivity index (χ2n) is 11.7. The van der Waals surface area contributed by atoms with E-state index in [4.69, 9.17) is 14.2 Å². The van der Waals surface area contributed by atoms with E-state index < -0.39 is 5.60 Å².